The van der Waals surface area contributed by atoms with Crippen molar-refractivity contribution in [3.05, 3.63) is 53.6 Å². The summed E-state index contributed by atoms with van der Waals surface area (Å²) in [6.45, 7) is 0. The third-order valence-corrected chi connectivity index (χ3v) is 3.94. The number of nitrogens with two attached hydrogens (primary N) is 1. The Balaban J connectivity index is 1.72. The van der Waals surface area contributed by atoms with E-state index in [9.17, 15) is 0 Å². The lowest BCUT2D eigenvalue weighted by atomic mass is 10.2. The van der Waals surface area contributed by atoms with Crippen LogP contribution in [0.25, 0.3) is 11.5 Å². The Morgan fingerprint density at radius 3 is 3.00 bits per heavy atom. The largest absolute Gasteiger partial charge is 0.397 e. The van der Waals surface area contributed by atoms with Crippen LogP contribution >= 0.6 is 23.4 Å². The minimum absolute atomic E-state index is 0.400. The van der Waals surface area contributed by atoms with Crippen LogP contribution in [0.2, 0.25) is 5.02 Å². The molecule has 0 fully saturated rings. The van der Waals surface area contributed by atoms with E-state index in [1.165, 1.54) is 0 Å². The second kappa shape index (κ2) is 6.15. The van der Waals surface area contributed by atoms with Gasteiger partial charge in [-0.25, -0.2) is 0 Å². The number of nitrogen functional groups attached to an aromatic ring is 1. The number of benzene rings is 1. The zero-order valence-electron chi connectivity index (χ0n) is 10.9. The Morgan fingerprint density at radius 2 is 2.19 bits per heavy atom. The molecule has 0 saturated heterocycles. The number of thioether (sulfide) groups is 1. The maximum Gasteiger partial charge on any atom is 0.260 e. The topological polar surface area (TPSA) is 77.8 Å². The van der Waals surface area contributed by atoms with E-state index in [4.69, 9.17) is 21.9 Å². The Bertz CT molecular complexity index is 762. The van der Waals surface area contributed by atoms with Crippen molar-refractivity contribution in [3.63, 3.8) is 0 Å². The molecule has 21 heavy (non-hydrogen) atoms. The lowest BCUT2D eigenvalue weighted by molar-refractivity contribution is 0.425. The molecule has 0 atom stereocenters. The molecule has 0 aliphatic rings. The lowest BCUT2D eigenvalue weighted by Gasteiger charge is -1.98. The van der Waals surface area contributed by atoms with Gasteiger partial charge in [-0.05, 0) is 24.3 Å². The van der Waals surface area contributed by atoms with Crippen LogP contribution in [-0.4, -0.2) is 15.1 Å². The predicted molar refractivity (Wildman–Crippen MR) is 83.0 cm³/mol. The average Bonchev–Trinajstić information content (AvgIpc) is 2.94. The summed E-state index contributed by atoms with van der Waals surface area (Å²) in [5.74, 6) is 1.59. The smallest absolute Gasteiger partial charge is 0.260 e. The maximum absolute atomic E-state index is 5.95. The summed E-state index contributed by atoms with van der Waals surface area (Å²) < 4.78 is 5.24. The van der Waals surface area contributed by atoms with Gasteiger partial charge in [-0.2, -0.15) is 4.98 Å². The molecule has 2 N–H and O–H groups in total. The number of halogens is 1. The van der Waals surface area contributed by atoms with Gasteiger partial charge in [0.1, 0.15) is 0 Å². The van der Waals surface area contributed by atoms with Gasteiger partial charge < -0.3 is 10.3 Å². The molecule has 0 amide bonds. The third-order valence-electron chi connectivity index (χ3n) is 2.71. The van der Waals surface area contributed by atoms with Crippen molar-refractivity contribution in [2.75, 3.05) is 5.73 Å². The predicted octanol–water partition coefficient (Wildman–Crippen LogP) is 3.66. The monoisotopic (exact) mass is 318 g/mol. The van der Waals surface area contributed by atoms with E-state index in [-0.39, 0.29) is 0 Å². The van der Waals surface area contributed by atoms with E-state index in [1.807, 2.05) is 24.3 Å². The van der Waals surface area contributed by atoms with Crippen LogP contribution in [0.5, 0.6) is 0 Å². The molecule has 2 heterocycles. The fourth-order valence-corrected chi connectivity index (χ4v) is 2.78. The molecule has 5 nitrogen and oxygen atoms in total. The molecule has 0 aliphatic carbocycles. The highest BCUT2D eigenvalue weighted by atomic mass is 35.5. The quantitative estimate of drug-likeness (QED) is 0.740. The number of nitrogens with zero attached hydrogens (tertiary/aromatic N) is 3. The van der Waals surface area contributed by atoms with Crippen molar-refractivity contribution in [1.29, 1.82) is 0 Å². The van der Waals surface area contributed by atoms with Crippen molar-refractivity contribution >= 4 is 29.1 Å². The Hall–Kier alpha value is -2.05. The molecule has 3 aromatic rings. The lowest BCUT2D eigenvalue weighted by Crippen LogP contribution is -1.91. The van der Waals surface area contributed by atoms with Gasteiger partial charge >= 0.3 is 0 Å². The first-order chi connectivity index (χ1) is 10.2. The SMILES string of the molecule is Nc1cnccc1-c1nc(CSc2cccc(Cl)c2)no1. The van der Waals surface area contributed by atoms with Crippen LogP contribution in [0, 0.1) is 0 Å². The summed E-state index contributed by atoms with van der Waals surface area (Å²) in [5, 5.41) is 4.66. The Morgan fingerprint density at radius 1 is 1.29 bits per heavy atom. The number of aromatic nitrogens is 3. The Labute approximate surface area is 130 Å². The first-order valence-electron chi connectivity index (χ1n) is 6.13. The molecular weight excluding hydrogens is 308 g/mol. The van der Waals surface area contributed by atoms with Crippen molar-refractivity contribution in [3.8, 4) is 11.5 Å². The van der Waals surface area contributed by atoms with Crippen LogP contribution in [-0.2, 0) is 5.75 Å². The van der Waals surface area contributed by atoms with Gasteiger partial charge in [-0.3, -0.25) is 4.98 Å². The highest BCUT2D eigenvalue weighted by molar-refractivity contribution is 7.98. The van der Waals surface area contributed by atoms with Gasteiger partial charge in [0, 0.05) is 16.1 Å². The first kappa shape index (κ1) is 13.9. The fourth-order valence-electron chi connectivity index (χ4n) is 1.73. The summed E-state index contributed by atoms with van der Waals surface area (Å²) in [6.07, 6.45) is 3.19. The molecule has 0 radical (unpaired) electrons. The molecule has 3 rings (SSSR count). The summed E-state index contributed by atoms with van der Waals surface area (Å²) in [6, 6.07) is 9.37. The molecule has 2 aromatic heterocycles. The molecule has 0 bridgehead atoms. The van der Waals surface area contributed by atoms with E-state index < -0.39 is 0 Å². The third kappa shape index (κ3) is 3.34. The van der Waals surface area contributed by atoms with Crippen LogP contribution < -0.4 is 5.73 Å². The van der Waals surface area contributed by atoms with E-state index in [2.05, 4.69) is 15.1 Å². The molecule has 1 aromatic carbocycles. The van der Waals surface area contributed by atoms with Crippen LogP contribution in [0.3, 0.4) is 0 Å². The zero-order chi connectivity index (χ0) is 14.7. The van der Waals surface area contributed by atoms with Gasteiger partial charge in [-0.15, -0.1) is 11.8 Å². The molecule has 106 valence electrons. The van der Waals surface area contributed by atoms with Crippen molar-refractivity contribution < 1.29 is 4.52 Å². The van der Waals surface area contributed by atoms with E-state index in [0.29, 0.717) is 33.7 Å². The van der Waals surface area contributed by atoms with Crippen molar-refractivity contribution in [1.82, 2.24) is 15.1 Å². The summed E-state index contributed by atoms with van der Waals surface area (Å²) >= 11 is 7.53. The number of pyridine rings is 1. The van der Waals surface area contributed by atoms with Crippen molar-refractivity contribution in [2.45, 2.75) is 10.6 Å². The minimum Gasteiger partial charge on any atom is -0.397 e. The first-order valence-corrected chi connectivity index (χ1v) is 7.49. The normalized spacial score (nSPS) is 10.7. The van der Waals surface area contributed by atoms with Crippen LogP contribution in [0.1, 0.15) is 5.82 Å². The van der Waals surface area contributed by atoms with Gasteiger partial charge in [0.15, 0.2) is 5.82 Å². The van der Waals surface area contributed by atoms with Crippen molar-refractivity contribution in [2.24, 2.45) is 0 Å². The molecular formula is C14H11ClN4OS. The van der Waals surface area contributed by atoms with Gasteiger partial charge in [0.2, 0.25) is 0 Å². The standard InChI is InChI=1S/C14H11ClN4OS/c15-9-2-1-3-10(6-9)21-8-13-18-14(20-19-13)11-4-5-17-7-12(11)16/h1-7H,8,16H2. The number of hydrogen-bond acceptors (Lipinski definition) is 6. The molecule has 0 saturated carbocycles. The second-order valence-corrected chi connectivity index (χ2v) is 5.71. The number of hydrogen-bond donors (Lipinski definition) is 1. The zero-order valence-corrected chi connectivity index (χ0v) is 12.4. The highest BCUT2D eigenvalue weighted by Gasteiger charge is 2.11. The van der Waals surface area contributed by atoms with Gasteiger partial charge in [0.25, 0.3) is 5.89 Å². The second-order valence-electron chi connectivity index (χ2n) is 4.22. The summed E-state index contributed by atoms with van der Waals surface area (Å²) in [4.78, 5) is 9.32. The van der Waals surface area contributed by atoms with E-state index in [0.717, 1.165) is 4.90 Å². The molecule has 7 heteroatoms. The van der Waals surface area contributed by atoms with E-state index >= 15 is 0 Å². The van der Waals surface area contributed by atoms with Gasteiger partial charge in [-0.1, -0.05) is 22.8 Å². The summed E-state index contributed by atoms with van der Waals surface area (Å²) in [7, 11) is 0. The maximum atomic E-state index is 5.95. The number of rotatable bonds is 4. The fraction of sp³-hybridized carbons (Fsp3) is 0.0714. The average molecular weight is 319 g/mol. The van der Waals surface area contributed by atoms with Crippen LogP contribution in [0.15, 0.2) is 52.1 Å². The summed E-state index contributed by atoms with van der Waals surface area (Å²) in [5.41, 5.74) is 7.03. The molecule has 0 aliphatic heterocycles. The number of anilines is 1. The van der Waals surface area contributed by atoms with E-state index in [1.54, 1.807) is 30.2 Å². The minimum atomic E-state index is 0.400. The van der Waals surface area contributed by atoms with Crippen LogP contribution in [0.4, 0.5) is 5.69 Å². The molecule has 0 unspecified atom stereocenters. The van der Waals surface area contributed by atoms with Gasteiger partial charge in [0.05, 0.1) is 23.2 Å². The highest BCUT2D eigenvalue weighted by Crippen LogP contribution is 2.26. The Kier molecular flexibility index (Phi) is 4.08. The molecule has 0 spiro atoms.